The van der Waals surface area contributed by atoms with Crippen LogP contribution in [0.1, 0.15) is 17.5 Å². The molecule has 1 atom stereocenters. The normalized spacial score (nSPS) is 19.5. The number of hydrogen-bond donors (Lipinski definition) is 1. The maximum absolute atomic E-state index is 13.3. The second-order valence-electron chi connectivity index (χ2n) is 5.27. The number of aryl methyl sites for hydroxylation is 1. The number of aromatic nitrogens is 3. The number of morpholine rings is 1. The van der Waals surface area contributed by atoms with Gasteiger partial charge in [-0.3, -0.25) is 9.88 Å². The third-order valence-corrected chi connectivity index (χ3v) is 4.26. The smallest absolute Gasteiger partial charge is 0.343 e. The van der Waals surface area contributed by atoms with Crippen LogP contribution in [-0.4, -0.2) is 39.4 Å². The Morgan fingerprint density at radius 1 is 1.55 bits per heavy atom. The van der Waals surface area contributed by atoms with E-state index in [9.17, 15) is 9.18 Å². The molecule has 0 amide bonds. The van der Waals surface area contributed by atoms with Gasteiger partial charge in [-0.15, -0.1) is 0 Å². The number of aromatic amines is 1. The summed E-state index contributed by atoms with van der Waals surface area (Å²) in [4.78, 5) is 16.3. The maximum Gasteiger partial charge on any atom is 0.343 e. The zero-order chi connectivity index (χ0) is 15.7. The minimum atomic E-state index is -0.289. The molecule has 0 spiro atoms. The van der Waals surface area contributed by atoms with Crippen molar-refractivity contribution in [1.82, 2.24) is 19.7 Å². The average Bonchev–Trinajstić information content (AvgIpc) is 2.80. The zero-order valence-corrected chi connectivity index (χ0v) is 13.6. The van der Waals surface area contributed by atoms with Crippen LogP contribution in [0.2, 0.25) is 0 Å². The summed E-state index contributed by atoms with van der Waals surface area (Å²) in [6.07, 6.45) is -0.124. The Labute approximate surface area is 135 Å². The molecule has 22 heavy (non-hydrogen) atoms. The summed E-state index contributed by atoms with van der Waals surface area (Å²) in [6, 6.07) is 4.90. The Morgan fingerprint density at radius 3 is 3.05 bits per heavy atom. The van der Waals surface area contributed by atoms with E-state index in [1.165, 1.54) is 10.7 Å². The van der Waals surface area contributed by atoms with Gasteiger partial charge in [-0.2, -0.15) is 5.10 Å². The molecule has 1 aliphatic heterocycles. The van der Waals surface area contributed by atoms with Gasteiger partial charge in [0.05, 0.1) is 23.7 Å². The van der Waals surface area contributed by atoms with Gasteiger partial charge >= 0.3 is 5.69 Å². The first-order valence-corrected chi connectivity index (χ1v) is 7.73. The van der Waals surface area contributed by atoms with Crippen molar-refractivity contribution in [3.8, 4) is 0 Å². The molecule has 0 radical (unpaired) electrons. The van der Waals surface area contributed by atoms with Crippen LogP contribution >= 0.6 is 15.9 Å². The van der Waals surface area contributed by atoms with E-state index in [1.54, 1.807) is 19.2 Å². The molecule has 0 saturated carbocycles. The first kappa shape index (κ1) is 15.4. The van der Waals surface area contributed by atoms with E-state index in [-0.39, 0.29) is 17.6 Å². The van der Waals surface area contributed by atoms with E-state index in [0.29, 0.717) is 30.0 Å². The van der Waals surface area contributed by atoms with Gasteiger partial charge in [-0.05, 0) is 33.6 Å². The number of hydrogen-bond acceptors (Lipinski definition) is 4. The number of ether oxygens (including phenoxy) is 1. The first-order chi connectivity index (χ1) is 10.5. The second-order valence-corrected chi connectivity index (χ2v) is 6.12. The largest absolute Gasteiger partial charge is 0.371 e. The summed E-state index contributed by atoms with van der Waals surface area (Å²) in [7, 11) is 1.61. The van der Waals surface area contributed by atoms with Gasteiger partial charge in [0, 0.05) is 20.1 Å². The molecule has 1 aromatic carbocycles. The molecular weight excluding hydrogens is 355 g/mol. The number of nitrogens with zero attached hydrogens (tertiary/aromatic N) is 3. The number of rotatable bonds is 3. The lowest BCUT2D eigenvalue weighted by Gasteiger charge is -2.32. The quantitative estimate of drug-likeness (QED) is 0.890. The summed E-state index contributed by atoms with van der Waals surface area (Å²) in [5, 5.41) is 4.14. The Balaban J connectivity index is 1.70. The standard InChI is InChI=1S/C14H16BrFN4O2/c1-19-14(21)17-13(18-19)8-20-4-5-22-12(7-20)9-2-3-11(16)10(15)6-9/h2-3,6,12H,4-5,7-8H2,1H3,(H,17,18,21). The minimum absolute atomic E-state index is 0.124. The highest BCUT2D eigenvalue weighted by atomic mass is 79.9. The van der Waals surface area contributed by atoms with Gasteiger partial charge in [0.25, 0.3) is 0 Å². The van der Waals surface area contributed by atoms with E-state index in [2.05, 4.69) is 30.9 Å². The lowest BCUT2D eigenvalue weighted by molar-refractivity contribution is -0.0337. The number of halogens is 2. The van der Waals surface area contributed by atoms with Crippen LogP contribution < -0.4 is 5.69 Å². The van der Waals surface area contributed by atoms with Gasteiger partial charge in [0.15, 0.2) is 0 Å². The van der Waals surface area contributed by atoms with Gasteiger partial charge in [0.1, 0.15) is 11.6 Å². The van der Waals surface area contributed by atoms with Crippen LogP contribution in [0.4, 0.5) is 4.39 Å². The van der Waals surface area contributed by atoms with E-state index in [1.807, 2.05) is 0 Å². The van der Waals surface area contributed by atoms with E-state index < -0.39 is 0 Å². The maximum atomic E-state index is 13.3. The fraction of sp³-hybridized carbons (Fsp3) is 0.429. The molecule has 1 N–H and O–H groups in total. The van der Waals surface area contributed by atoms with Crippen molar-refractivity contribution >= 4 is 15.9 Å². The van der Waals surface area contributed by atoms with Crippen LogP contribution in [0.5, 0.6) is 0 Å². The topological polar surface area (TPSA) is 63.1 Å². The highest BCUT2D eigenvalue weighted by Crippen LogP contribution is 2.26. The number of H-pyrrole nitrogens is 1. The third-order valence-electron chi connectivity index (χ3n) is 3.66. The molecule has 0 aliphatic carbocycles. The molecule has 0 bridgehead atoms. The van der Waals surface area contributed by atoms with Crippen molar-refractivity contribution in [2.24, 2.45) is 7.05 Å². The fourth-order valence-electron chi connectivity index (χ4n) is 2.50. The zero-order valence-electron chi connectivity index (χ0n) is 12.1. The van der Waals surface area contributed by atoms with Crippen molar-refractivity contribution in [3.05, 3.63) is 50.4 Å². The van der Waals surface area contributed by atoms with Crippen molar-refractivity contribution in [2.75, 3.05) is 19.7 Å². The molecule has 3 rings (SSSR count). The highest BCUT2D eigenvalue weighted by Gasteiger charge is 2.23. The number of benzene rings is 1. The third kappa shape index (κ3) is 3.29. The molecule has 2 heterocycles. The summed E-state index contributed by atoms with van der Waals surface area (Å²) >= 11 is 3.20. The average molecular weight is 371 g/mol. The van der Waals surface area contributed by atoms with Crippen LogP contribution in [0, 0.1) is 5.82 Å². The second kappa shape index (κ2) is 6.31. The molecule has 1 saturated heterocycles. The van der Waals surface area contributed by atoms with Crippen LogP contribution in [-0.2, 0) is 18.3 Å². The van der Waals surface area contributed by atoms with Gasteiger partial charge in [-0.25, -0.2) is 13.9 Å². The SMILES string of the molecule is Cn1nc(CN2CCOC(c3ccc(F)c(Br)c3)C2)[nH]c1=O. The van der Waals surface area contributed by atoms with Crippen LogP contribution in [0.25, 0.3) is 0 Å². The van der Waals surface area contributed by atoms with Crippen molar-refractivity contribution < 1.29 is 9.13 Å². The van der Waals surface area contributed by atoms with Gasteiger partial charge < -0.3 is 4.74 Å². The molecule has 1 aliphatic rings. The van der Waals surface area contributed by atoms with Crippen LogP contribution in [0.15, 0.2) is 27.5 Å². The lowest BCUT2D eigenvalue weighted by Crippen LogP contribution is -2.38. The van der Waals surface area contributed by atoms with E-state index in [4.69, 9.17) is 4.74 Å². The molecule has 1 unspecified atom stereocenters. The minimum Gasteiger partial charge on any atom is -0.371 e. The number of nitrogens with one attached hydrogen (secondary N) is 1. The Bertz CT molecular complexity index is 730. The summed E-state index contributed by atoms with van der Waals surface area (Å²) < 4.78 is 20.8. The predicted molar refractivity (Wildman–Crippen MR) is 81.9 cm³/mol. The highest BCUT2D eigenvalue weighted by molar-refractivity contribution is 9.10. The summed E-state index contributed by atoms with van der Waals surface area (Å²) in [5.41, 5.74) is 0.703. The summed E-state index contributed by atoms with van der Waals surface area (Å²) in [5.74, 6) is 0.343. The van der Waals surface area contributed by atoms with Crippen molar-refractivity contribution in [2.45, 2.75) is 12.6 Å². The molecule has 8 heteroatoms. The van der Waals surface area contributed by atoms with Gasteiger partial charge in [-0.1, -0.05) is 6.07 Å². The molecule has 118 valence electrons. The molecular formula is C14H16BrFN4O2. The Morgan fingerprint density at radius 2 is 2.36 bits per heavy atom. The predicted octanol–water partition coefficient (Wildman–Crippen LogP) is 1.58. The van der Waals surface area contributed by atoms with Gasteiger partial charge in [0.2, 0.25) is 0 Å². The Kier molecular flexibility index (Phi) is 4.42. The molecule has 2 aromatic rings. The molecule has 1 fully saturated rings. The fourth-order valence-corrected chi connectivity index (χ4v) is 2.90. The lowest BCUT2D eigenvalue weighted by atomic mass is 10.1. The van der Waals surface area contributed by atoms with E-state index >= 15 is 0 Å². The Hall–Kier alpha value is -1.51. The monoisotopic (exact) mass is 370 g/mol. The van der Waals surface area contributed by atoms with Crippen molar-refractivity contribution in [1.29, 1.82) is 0 Å². The molecule has 6 nitrogen and oxygen atoms in total. The van der Waals surface area contributed by atoms with Crippen molar-refractivity contribution in [3.63, 3.8) is 0 Å². The van der Waals surface area contributed by atoms with E-state index in [0.717, 1.165) is 12.1 Å². The van der Waals surface area contributed by atoms with Crippen LogP contribution in [0.3, 0.4) is 0 Å². The summed E-state index contributed by atoms with van der Waals surface area (Å²) in [6.45, 7) is 2.56. The first-order valence-electron chi connectivity index (χ1n) is 6.94. The molecule has 1 aromatic heterocycles.